The number of rotatable bonds is 9. The maximum Gasteiger partial charge on any atom is 0.273 e. The van der Waals surface area contributed by atoms with Crippen molar-refractivity contribution in [2.75, 3.05) is 18.4 Å². The van der Waals surface area contributed by atoms with Crippen molar-refractivity contribution in [2.24, 2.45) is 5.92 Å². The molecule has 0 unspecified atom stereocenters. The van der Waals surface area contributed by atoms with Crippen LogP contribution in [0.3, 0.4) is 0 Å². The fraction of sp³-hybridized carbons (Fsp3) is 0.450. The van der Waals surface area contributed by atoms with Crippen LogP contribution in [0.4, 0.5) is 10.8 Å². The third kappa shape index (κ3) is 6.32. The molecule has 3 rings (SSSR count). The molecule has 0 bridgehead atoms. The molecule has 0 saturated heterocycles. The quantitative estimate of drug-likeness (QED) is 0.561. The Morgan fingerprint density at radius 2 is 2.07 bits per heavy atom. The minimum atomic E-state index is -0.148. The summed E-state index contributed by atoms with van der Waals surface area (Å²) in [6.45, 7) is 5.13. The van der Waals surface area contributed by atoms with Gasteiger partial charge >= 0.3 is 0 Å². The van der Waals surface area contributed by atoms with Crippen molar-refractivity contribution in [1.82, 2.24) is 15.2 Å². The van der Waals surface area contributed by atoms with Crippen molar-refractivity contribution in [1.29, 1.82) is 0 Å². The van der Waals surface area contributed by atoms with Gasteiger partial charge in [0.2, 0.25) is 5.91 Å². The van der Waals surface area contributed by atoms with E-state index < -0.39 is 0 Å². The first-order chi connectivity index (χ1) is 13.8. The van der Waals surface area contributed by atoms with E-state index in [1.165, 1.54) is 11.3 Å². The number of nitrogens with zero attached hydrogens (tertiary/aromatic N) is 2. The number of halogens is 2. The van der Waals surface area contributed by atoms with E-state index in [4.69, 9.17) is 23.2 Å². The normalized spacial score (nSPS) is 13.4. The molecule has 1 fully saturated rings. The molecule has 0 aliphatic heterocycles. The number of hydrogen-bond acceptors (Lipinski definition) is 5. The summed E-state index contributed by atoms with van der Waals surface area (Å²) in [5.74, 6) is 0.216. The molecule has 1 aromatic carbocycles. The van der Waals surface area contributed by atoms with Gasteiger partial charge in [-0.25, -0.2) is 4.98 Å². The highest BCUT2D eigenvalue weighted by Gasteiger charge is 2.34. The van der Waals surface area contributed by atoms with Gasteiger partial charge in [-0.05, 0) is 37.0 Å². The summed E-state index contributed by atoms with van der Waals surface area (Å²) in [5, 5.41) is 9.35. The third-order valence-electron chi connectivity index (χ3n) is 4.43. The molecule has 156 valence electrons. The summed E-state index contributed by atoms with van der Waals surface area (Å²) in [6, 6.07) is 5.31. The Balaban J connectivity index is 1.62. The van der Waals surface area contributed by atoms with E-state index in [-0.39, 0.29) is 17.9 Å². The molecule has 2 aromatic rings. The first-order valence-corrected chi connectivity index (χ1v) is 11.2. The lowest BCUT2D eigenvalue weighted by Crippen LogP contribution is -2.37. The van der Waals surface area contributed by atoms with Crippen LogP contribution in [-0.2, 0) is 4.79 Å². The number of anilines is 2. The fourth-order valence-electron chi connectivity index (χ4n) is 2.75. The van der Waals surface area contributed by atoms with Gasteiger partial charge in [-0.1, -0.05) is 37.0 Å². The molecule has 0 radical (unpaired) electrons. The minimum Gasteiger partial charge on any atom is -0.356 e. The van der Waals surface area contributed by atoms with Crippen LogP contribution in [0.25, 0.3) is 0 Å². The van der Waals surface area contributed by atoms with E-state index in [1.54, 1.807) is 28.5 Å². The monoisotopic (exact) mass is 454 g/mol. The van der Waals surface area contributed by atoms with Crippen LogP contribution in [0.1, 0.15) is 43.6 Å². The van der Waals surface area contributed by atoms with Crippen molar-refractivity contribution in [2.45, 2.75) is 39.2 Å². The van der Waals surface area contributed by atoms with Gasteiger partial charge in [0.05, 0.1) is 10.7 Å². The Morgan fingerprint density at radius 3 is 2.76 bits per heavy atom. The zero-order valence-electron chi connectivity index (χ0n) is 16.4. The van der Waals surface area contributed by atoms with E-state index in [2.05, 4.69) is 15.6 Å². The number of nitrogens with one attached hydrogen (secondary N) is 2. The summed E-state index contributed by atoms with van der Waals surface area (Å²) >= 11 is 13.5. The van der Waals surface area contributed by atoms with Gasteiger partial charge in [0.15, 0.2) is 5.13 Å². The third-order valence-corrected chi connectivity index (χ3v) is 5.75. The molecule has 2 amide bonds. The number of thiazole rings is 1. The van der Waals surface area contributed by atoms with Gasteiger partial charge in [0.25, 0.3) is 5.91 Å². The van der Waals surface area contributed by atoms with Gasteiger partial charge in [0, 0.05) is 36.0 Å². The van der Waals surface area contributed by atoms with Gasteiger partial charge < -0.3 is 15.5 Å². The van der Waals surface area contributed by atoms with Crippen molar-refractivity contribution in [3.8, 4) is 0 Å². The Kier molecular flexibility index (Phi) is 7.38. The highest BCUT2D eigenvalue weighted by atomic mass is 35.5. The number of aromatic nitrogens is 1. The zero-order chi connectivity index (χ0) is 21.0. The molecule has 1 aliphatic rings. The molecular formula is C20H24Cl2N4O2S. The fourth-order valence-corrected chi connectivity index (χ4v) is 3.78. The van der Waals surface area contributed by atoms with Gasteiger partial charge in [-0.3, -0.25) is 9.59 Å². The zero-order valence-corrected chi connectivity index (χ0v) is 18.7. The standard InChI is InChI=1S/C20H24Cl2N4O2S/c1-12(2)10-23-18(27)7-8-26(14-4-5-14)19(28)17-11-29-20(25-17)24-16-9-13(21)3-6-15(16)22/h3,6,9,11-12,14H,4-5,7-8,10H2,1-2H3,(H,23,27)(H,24,25). The lowest BCUT2D eigenvalue weighted by atomic mass is 10.2. The summed E-state index contributed by atoms with van der Waals surface area (Å²) in [6.07, 6.45) is 2.22. The smallest absolute Gasteiger partial charge is 0.273 e. The highest BCUT2D eigenvalue weighted by Crippen LogP contribution is 2.31. The van der Waals surface area contributed by atoms with Crippen LogP contribution < -0.4 is 10.6 Å². The number of amides is 2. The van der Waals surface area contributed by atoms with E-state index >= 15 is 0 Å². The number of carbonyl (C=O) groups is 2. The minimum absolute atomic E-state index is 0.0339. The second-order valence-corrected chi connectivity index (χ2v) is 9.17. The second kappa shape index (κ2) is 9.78. The van der Waals surface area contributed by atoms with Crippen molar-refractivity contribution in [3.05, 3.63) is 39.3 Å². The average molecular weight is 455 g/mol. The highest BCUT2D eigenvalue weighted by molar-refractivity contribution is 7.14. The Hall–Kier alpha value is -1.83. The van der Waals surface area contributed by atoms with E-state index in [1.807, 2.05) is 13.8 Å². The summed E-state index contributed by atoms with van der Waals surface area (Å²) in [5.41, 5.74) is 0.999. The summed E-state index contributed by atoms with van der Waals surface area (Å²) in [7, 11) is 0. The average Bonchev–Trinajstić information content (AvgIpc) is 3.40. The topological polar surface area (TPSA) is 74.3 Å². The lowest BCUT2D eigenvalue weighted by molar-refractivity contribution is -0.121. The van der Waals surface area contributed by atoms with Crippen LogP contribution in [-0.4, -0.2) is 40.8 Å². The predicted octanol–water partition coefficient (Wildman–Crippen LogP) is 4.96. The van der Waals surface area contributed by atoms with E-state index in [0.29, 0.717) is 52.0 Å². The Bertz CT molecular complexity index is 883. The summed E-state index contributed by atoms with van der Waals surface area (Å²) < 4.78 is 0. The Morgan fingerprint density at radius 1 is 1.31 bits per heavy atom. The molecule has 9 heteroatoms. The van der Waals surface area contributed by atoms with Gasteiger partial charge in [0.1, 0.15) is 5.69 Å². The van der Waals surface area contributed by atoms with Crippen molar-refractivity contribution in [3.63, 3.8) is 0 Å². The second-order valence-electron chi connectivity index (χ2n) is 7.46. The van der Waals surface area contributed by atoms with Crippen LogP contribution in [0.15, 0.2) is 23.6 Å². The van der Waals surface area contributed by atoms with Gasteiger partial charge in [-0.2, -0.15) is 0 Å². The van der Waals surface area contributed by atoms with Crippen LogP contribution in [0, 0.1) is 5.92 Å². The van der Waals surface area contributed by atoms with Crippen LogP contribution in [0.2, 0.25) is 10.0 Å². The molecule has 0 atom stereocenters. The van der Waals surface area contributed by atoms with Crippen molar-refractivity contribution < 1.29 is 9.59 Å². The number of carbonyl (C=O) groups excluding carboxylic acids is 2. The SMILES string of the molecule is CC(C)CNC(=O)CCN(C(=O)c1csc(Nc2cc(Cl)ccc2Cl)n1)C1CC1. The van der Waals surface area contributed by atoms with Crippen molar-refractivity contribution >= 4 is 57.2 Å². The number of hydrogen-bond donors (Lipinski definition) is 2. The molecule has 1 saturated carbocycles. The van der Waals surface area contributed by atoms with E-state index in [9.17, 15) is 9.59 Å². The summed E-state index contributed by atoms with van der Waals surface area (Å²) in [4.78, 5) is 31.2. The molecular weight excluding hydrogens is 431 g/mol. The molecule has 6 nitrogen and oxygen atoms in total. The van der Waals surface area contributed by atoms with Crippen LogP contribution in [0.5, 0.6) is 0 Å². The van der Waals surface area contributed by atoms with E-state index in [0.717, 1.165) is 12.8 Å². The molecule has 2 N–H and O–H groups in total. The maximum atomic E-state index is 13.0. The molecule has 1 aromatic heterocycles. The molecule has 29 heavy (non-hydrogen) atoms. The first kappa shape index (κ1) is 21.9. The van der Waals surface area contributed by atoms with Gasteiger partial charge in [-0.15, -0.1) is 11.3 Å². The molecule has 1 aliphatic carbocycles. The van der Waals surface area contributed by atoms with Crippen LogP contribution >= 0.6 is 34.5 Å². The predicted molar refractivity (Wildman–Crippen MR) is 118 cm³/mol. The largest absolute Gasteiger partial charge is 0.356 e. The molecule has 0 spiro atoms. The number of benzene rings is 1. The lowest BCUT2D eigenvalue weighted by Gasteiger charge is -2.21. The Labute approximate surface area is 184 Å². The molecule has 1 heterocycles. The maximum absolute atomic E-state index is 13.0. The first-order valence-electron chi connectivity index (χ1n) is 9.58.